The van der Waals surface area contributed by atoms with Crippen LogP contribution in [0.4, 0.5) is 22.0 Å². The van der Waals surface area contributed by atoms with Crippen molar-refractivity contribution in [3.05, 3.63) is 59.2 Å². The van der Waals surface area contributed by atoms with Gasteiger partial charge in [-0.15, -0.1) is 0 Å². The third-order valence-electron chi connectivity index (χ3n) is 3.46. The molecule has 0 aliphatic heterocycles. The lowest BCUT2D eigenvalue weighted by Gasteiger charge is -2.22. The van der Waals surface area contributed by atoms with Crippen LogP contribution >= 0.6 is 0 Å². The number of rotatable bonds is 5. The minimum atomic E-state index is -4.80. The molecule has 0 saturated carbocycles. The van der Waals surface area contributed by atoms with Crippen molar-refractivity contribution in [2.24, 2.45) is 0 Å². The average molecular weight is 403 g/mol. The Balaban J connectivity index is 2.22. The number of aryl methyl sites for hydroxylation is 1. The van der Waals surface area contributed by atoms with E-state index < -0.39 is 36.3 Å². The number of esters is 1. The van der Waals surface area contributed by atoms with Gasteiger partial charge in [-0.1, -0.05) is 0 Å². The summed E-state index contributed by atoms with van der Waals surface area (Å²) in [5.74, 6) is -4.36. The highest BCUT2D eigenvalue weighted by atomic mass is 19.4. The van der Waals surface area contributed by atoms with Crippen LogP contribution in [0.3, 0.4) is 0 Å². The van der Waals surface area contributed by atoms with Crippen molar-refractivity contribution >= 4 is 11.9 Å². The van der Waals surface area contributed by atoms with E-state index in [-0.39, 0.29) is 24.5 Å². The lowest BCUT2D eigenvalue weighted by Crippen LogP contribution is -2.38. The maximum absolute atomic E-state index is 13.2. The minimum absolute atomic E-state index is 0.165. The van der Waals surface area contributed by atoms with E-state index in [2.05, 4.69) is 14.7 Å². The summed E-state index contributed by atoms with van der Waals surface area (Å²) < 4.78 is 66.8. The Hall–Kier alpha value is -3.11. The fourth-order valence-electron chi connectivity index (χ4n) is 2.15. The van der Waals surface area contributed by atoms with E-state index >= 15 is 0 Å². The molecule has 0 unspecified atom stereocenters. The number of pyridine rings is 2. The molecule has 0 atom stereocenters. The lowest BCUT2D eigenvalue weighted by atomic mass is 10.2. The van der Waals surface area contributed by atoms with E-state index in [9.17, 15) is 31.5 Å². The summed E-state index contributed by atoms with van der Waals surface area (Å²) in [5.41, 5.74) is 0.729. The number of hydrogen-bond donors (Lipinski definition) is 0. The summed E-state index contributed by atoms with van der Waals surface area (Å²) in [6.45, 7) is -1.08. The molecule has 0 aromatic carbocycles. The first-order valence-corrected chi connectivity index (χ1v) is 7.79. The second-order valence-electron chi connectivity index (χ2n) is 5.74. The van der Waals surface area contributed by atoms with Gasteiger partial charge in [0, 0.05) is 0 Å². The summed E-state index contributed by atoms with van der Waals surface area (Å²) in [5, 5.41) is 0. The Morgan fingerprint density at radius 2 is 1.75 bits per heavy atom. The molecule has 1 amide bonds. The van der Waals surface area contributed by atoms with Crippen molar-refractivity contribution in [3.63, 3.8) is 0 Å². The molecule has 28 heavy (non-hydrogen) atoms. The molecule has 0 aliphatic carbocycles. The second kappa shape index (κ2) is 8.72. The topological polar surface area (TPSA) is 72.4 Å². The summed E-state index contributed by atoms with van der Waals surface area (Å²) in [7, 11) is 0. The fourth-order valence-corrected chi connectivity index (χ4v) is 2.15. The third-order valence-corrected chi connectivity index (χ3v) is 3.46. The van der Waals surface area contributed by atoms with Crippen LogP contribution in [0.5, 0.6) is 0 Å². The van der Waals surface area contributed by atoms with Gasteiger partial charge in [0.05, 0.1) is 36.9 Å². The number of carbonyl (C=O) groups is 2. The molecule has 0 aliphatic rings. The lowest BCUT2D eigenvalue weighted by molar-refractivity contribution is -0.189. The van der Waals surface area contributed by atoms with Crippen LogP contribution < -0.4 is 0 Å². The molecule has 0 saturated heterocycles. The van der Waals surface area contributed by atoms with Crippen LogP contribution in [0, 0.1) is 18.6 Å². The Bertz CT molecular complexity index is 856. The average Bonchev–Trinajstić information content (AvgIpc) is 2.61. The highest BCUT2D eigenvalue weighted by molar-refractivity contribution is 6.32. The molecular formula is C17H14F5N3O3. The second-order valence-corrected chi connectivity index (χ2v) is 5.74. The summed E-state index contributed by atoms with van der Waals surface area (Å²) in [6.07, 6.45) is -3.03. The van der Waals surface area contributed by atoms with E-state index in [4.69, 9.17) is 0 Å². The van der Waals surface area contributed by atoms with Crippen LogP contribution in [-0.4, -0.2) is 39.5 Å². The van der Waals surface area contributed by atoms with E-state index in [0.717, 1.165) is 29.4 Å². The fraction of sp³-hybridized carbons (Fsp3) is 0.294. The molecule has 0 spiro atoms. The van der Waals surface area contributed by atoms with Gasteiger partial charge in [-0.2, -0.15) is 13.2 Å². The molecule has 150 valence electrons. The number of carbonyl (C=O) groups excluding carboxylic acids is 2. The highest BCUT2D eigenvalue weighted by Gasteiger charge is 2.33. The first kappa shape index (κ1) is 21.2. The highest BCUT2D eigenvalue weighted by Crippen LogP contribution is 2.16. The molecule has 0 N–H and O–H groups in total. The van der Waals surface area contributed by atoms with Crippen LogP contribution in [0.15, 0.2) is 30.6 Å². The van der Waals surface area contributed by atoms with Gasteiger partial charge in [0.25, 0.3) is 0 Å². The Labute approximate surface area is 156 Å². The van der Waals surface area contributed by atoms with Crippen molar-refractivity contribution in [1.82, 2.24) is 14.9 Å². The SMILES string of the molecule is Cc1cc(F)cnc1CN(Cc1ccc(F)cn1)C(=O)C(=O)OCC(F)(F)F. The zero-order chi connectivity index (χ0) is 20.9. The zero-order valence-corrected chi connectivity index (χ0v) is 14.5. The molecule has 2 rings (SSSR count). The summed E-state index contributed by atoms with van der Waals surface area (Å²) >= 11 is 0. The third kappa shape index (κ3) is 6.25. The number of alkyl halides is 3. The summed E-state index contributed by atoms with van der Waals surface area (Å²) in [4.78, 5) is 32.4. The van der Waals surface area contributed by atoms with Gasteiger partial charge in [0.2, 0.25) is 0 Å². The quantitative estimate of drug-likeness (QED) is 0.436. The smallest absolute Gasteiger partial charge is 0.422 e. The van der Waals surface area contributed by atoms with Gasteiger partial charge in [-0.3, -0.25) is 14.8 Å². The Morgan fingerprint density at radius 3 is 2.32 bits per heavy atom. The standard InChI is InChI=1S/C17H14F5N3O3/c1-10-4-12(19)6-24-14(10)8-25(7-13-3-2-11(18)5-23-13)15(26)16(27)28-9-17(20,21)22/h2-6H,7-9H2,1H3. The van der Waals surface area contributed by atoms with Crippen molar-refractivity contribution in [2.45, 2.75) is 26.2 Å². The van der Waals surface area contributed by atoms with Crippen LogP contribution in [0.1, 0.15) is 17.0 Å². The van der Waals surface area contributed by atoms with Crippen molar-refractivity contribution < 1.29 is 36.3 Å². The van der Waals surface area contributed by atoms with Gasteiger partial charge < -0.3 is 9.64 Å². The van der Waals surface area contributed by atoms with Crippen LogP contribution in [0.2, 0.25) is 0 Å². The molecule has 0 bridgehead atoms. The molecule has 11 heteroatoms. The molecular weight excluding hydrogens is 389 g/mol. The van der Waals surface area contributed by atoms with Crippen molar-refractivity contribution in [3.8, 4) is 0 Å². The van der Waals surface area contributed by atoms with Crippen molar-refractivity contribution in [2.75, 3.05) is 6.61 Å². The first-order chi connectivity index (χ1) is 13.0. The number of hydrogen-bond acceptors (Lipinski definition) is 5. The Kier molecular flexibility index (Phi) is 6.60. The van der Waals surface area contributed by atoms with Crippen molar-refractivity contribution in [1.29, 1.82) is 0 Å². The van der Waals surface area contributed by atoms with E-state index in [1.165, 1.54) is 13.0 Å². The maximum atomic E-state index is 13.2. The van der Waals surface area contributed by atoms with Gasteiger partial charge in [-0.25, -0.2) is 13.6 Å². The molecule has 2 aromatic rings. The molecule has 6 nitrogen and oxygen atoms in total. The van der Waals surface area contributed by atoms with Crippen LogP contribution in [0.25, 0.3) is 0 Å². The predicted molar refractivity (Wildman–Crippen MR) is 84.4 cm³/mol. The van der Waals surface area contributed by atoms with Gasteiger partial charge in [-0.05, 0) is 30.7 Å². The van der Waals surface area contributed by atoms with E-state index in [1.807, 2.05) is 0 Å². The first-order valence-electron chi connectivity index (χ1n) is 7.79. The van der Waals surface area contributed by atoms with Gasteiger partial charge in [0.15, 0.2) is 6.61 Å². The monoisotopic (exact) mass is 403 g/mol. The molecule has 0 fully saturated rings. The largest absolute Gasteiger partial charge is 0.449 e. The maximum Gasteiger partial charge on any atom is 0.422 e. The molecule has 2 aromatic heterocycles. The number of nitrogens with zero attached hydrogens (tertiary/aromatic N) is 3. The normalized spacial score (nSPS) is 11.2. The van der Waals surface area contributed by atoms with Crippen LogP contribution in [-0.2, 0) is 27.4 Å². The molecule has 0 radical (unpaired) electrons. The number of aromatic nitrogens is 2. The number of ether oxygens (including phenoxy) is 1. The Morgan fingerprint density at radius 1 is 1.07 bits per heavy atom. The molecule has 2 heterocycles. The minimum Gasteiger partial charge on any atom is -0.449 e. The van der Waals surface area contributed by atoms with Gasteiger partial charge >= 0.3 is 18.1 Å². The van der Waals surface area contributed by atoms with E-state index in [1.54, 1.807) is 0 Å². The zero-order valence-electron chi connectivity index (χ0n) is 14.5. The van der Waals surface area contributed by atoms with Gasteiger partial charge in [0.1, 0.15) is 11.6 Å². The van der Waals surface area contributed by atoms with E-state index in [0.29, 0.717) is 5.56 Å². The number of amides is 1. The number of halogens is 5. The summed E-state index contributed by atoms with van der Waals surface area (Å²) in [6, 6.07) is 3.44. The predicted octanol–water partition coefficient (Wildman–Crippen LogP) is 2.70.